The summed E-state index contributed by atoms with van der Waals surface area (Å²) in [4.78, 5) is 2.61. The van der Waals surface area contributed by atoms with Crippen LogP contribution < -0.4 is 9.47 Å². The van der Waals surface area contributed by atoms with Gasteiger partial charge in [0.05, 0.1) is 0 Å². The van der Waals surface area contributed by atoms with Crippen molar-refractivity contribution in [1.82, 2.24) is 4.90 Å². The van der Waals surface area contributed by atoms with Gasteiger partial charge in [-0.3, -0.25) is 0 Å². The van der Waals surface area contributed by atoms with Gasteiger partial charge in [0.2, 0.25) is 0 Å². The maximum absolute atomic E-state index is 6.69. The molecule has 4 aliphatic rings. The highest BCUT2D eigenvalue weighted by Gasteiger charge is 2.63. The number of piperidine rings is 1. The second-order valence-corrected chi connectivity index (χ2v) is 8.89. The van der Waals surface area contributed by atoms with Crippen LogP contribution in [-0.2, 0) is 18.4 Å². The first-order chi connectivity index (χ1) is 13.3. The van der Waals surface area contributed by atoms with Crippen molar-refractivity contribution in [3.05, 3.63) is 59.2 Å². The number of likely N-dealkylation sites (tertiary alicyclic amines) is 1. The van der Waals surface area contributed by atoms with Crippen LogP contribution >= 0.6 is 0 Å². The lowest BCUT2D eigenvalue weighted by Crippen LogP contribution is -2.63. The van der Waals surface area contributed by atoms with Crippen molar-refractivity contribution in [3.63, 3.8) is 0 Å². The van der Waals surface area contributed by atoms with Gasteiger partial charge >= 0.3 is 0 Å². The van der Waals surface area contributed by atoms with Crippen LogP contribution in [0.25, 0.3) is 0 Å². The van der Waals surface area contributed by atoms with E-state index in [9.17, 15) is 0 Å². The van der Waals surface area contributed by atoms with E-state index in [1.165, 1.54) is 55.3 Å². The van der Waals surface area contributed by atoms with Crippen LogP contribution in [0.15, 0.2) is 42.5 Å². The van der Waals surface area contributed by atoms with Gasteiger partial charge in [0.25, 0.3) is 0 Å². The van der Waals surface area contributed by atoms with Gasteiger partial charge < -0.3 is 14.4 Å². The summed E-state index contributed by atoms with van der Waals surface area (Å²) in [6.07, 6.45) is 6.59. The molecule has 0 aromatic heterocycles. The van der Waals surface area contributed by atoms with Gasteiger partial charge in [-0.1, -0.05) is 36.4 Å². The van der Waals surface area contributed by atoms with Gasteiger partial charge in [-0.15, -0.1) is 0 Å². The molecule has 140 valence electrons. The molecule has 0 amide bonds. The van der Waals surface area contributed by atoms with Crippen LogP contribution in [0, 0.1) is 5.92 Å². The molecule has 1 spiro atoms. The third-order valence-corrected chi connectivity index (χ3v) is 7.73. The van der Waals surface area contributed by atoms with E-state index in [-0.39, 0.29) is 5.41 Å². The van der Waals surface area contributed by atoms with Gasteiger partial charge in [-0.05, 0) is 68.8 Å². The van der Waals surface area contributed by atoms with Crippen molar-refractivity contribution in [3.8, 4) is 11.5 Å². The quantitative estimate of drug-likeness (QED) is 0.812. The summed E-state index contributed by atoms with van der Waals surface area (Å²) in [6, 6.07) is 15.6. The normalized spacial score (nSPS) is 33.3. The summed E-state index contributed by atoms with van der Waals surface area (Å²) in [7, 11) is 2.32. The predicted molar refractivity (Wildman–Crippen MR) is 105 cm³/mol. The molecule has 2 heterocycles. The Morgan fingerprint density at radius 2 is 2.04 bits per heavy atom. The van der Waals surface area contributed by atoms with Gasteiger partial charge in [0.1, 0.15) is 12.7 Å². The van der Waals surface area contributed by atoms with Gasteiger partial charge in [-0.25, -0.2) is 0 Å². The van der Waals surface area contributed by atoms with Gasteiger partial charge in [0, 0.05) is 17.0 Å². The molecule has 0 N–H and O–H groups in total. The van der Waals surface area contributed by atoms with Crippen LogP contribution in [0.5, 0.6) is 11.5 Å². The first-order valence-corrected chi connectivity index (χ1v) is 10.5. The summed E-state index contributed by atoms with van der Waals surface area (Å²) < 4.78 is 13.0. The van der Waals surface area contributed by atoms with Crippen molar-refractivity contribution >= 4 is 0 Å². The molecule has 2 aromatic rings. The number of hydrogen-bond donors (Lipinski definition) is 0. The Morgan fingerprint density at radius 3 is 2.93 bits per heavy atom. The second kappa shape index (κ2) is 5.75. The molecule has 4 atom stereocenters. The molecule has 0 radical (unpaired) electrons. The Kier molecular flexibility index (Phi) is 3.41. The molecule has 3 heteroatoms. The van der Waals surface area contributed by atoms with Crippen molar-refractivity contribution in [2.24, 2.45) is 5.92 Å². The molecule has 6 rings (SSSR count). The average molecular weight is 361 g/mol. The van der Waals surface area contributed by atoms with Crippen LogP contribution in [0.3, 0.4) is 0 Å². The lowest BCUT2D eigenvalue weighted by molar-refractivity contribution is -0.0427. The highest BCUT2D eigenvalue weighted by atomic mass is 16.5. The third kappa shape index (κ3) is 2.12. The van der Waals surface area contributed by atoms with E-state index in [4.69, 9.17) is 9.47 Å². The fourth-order valence-corrected chi connectivity index (χ4v) is 6.55. The number of ether oxygens (including phenoxy) is 2. The topological polar surface area (TPSA) is 21.7 Å². The Morgan fingerprint density at radius 1 is 1.15 bits per heavy atom. The number of nitrogens with zero attached hydrogens (tertiary/aromatic N) is 1. The van der Waals surface area contributed by atoms with Gasteiger partial charge in [0.15, 0.2) is 11.5 Å². The van der Waals surface area contributed by atoms with E-state index in [0.29, 0.717) is 18.8 Å². The molecular weight excluding hydrogens is 334 g/mol. The summed E-state index contributed by atoms with van der Waals surface area (Å²) >= 11 is 0. The Labute approximate surface area is 161 Å². The van der Waals surface area contributed by atoms with E-state index in [2.05, 4.69) is 48.3 Å². The van der Waals surface area contributed by atoms with Crippen LogP contribution in [-0.4, -0.2) is 30.6 Å². The zero-order valence-electron chi connectivity index (χ0n) is 16.0. The summed E-state index contributed by atoms with van der Waals surface area (Å²) in [5.74, 6) is 2.76. The number of rotatable bonds is 3. The molecule has 1 saturated heterocycles. The first-order valence-electron chi connectivity index (χ1n) is 10.5. The molecule has 27 heavy (non-hydrogen) atoms. The molecule has 2 fully saturated rings. The summed E-state index contributed by atoms with van der Waals surface area (Å²) in [6.45, 7) is 1.79. The number of benzene rings is 2. The highest BCUT2D eigenvalue weighted by Crippen LogP contribution is 2.63. The minimum atomic E-state index is 0.241. The third-order valence-electron chi connectivity index (χ3n) is 7.73. The summed E-state index contributed by atoms with van der Waals surface area (Å²) in [5.41, 5.74) is 4.47. The fourth-order valence-electron chi connectivity index (χ4n) is 6.55. The van der Waals surface area contributed by atoms with Crippen molar-refractivity contribution in [2.45, 2.75) is 56.3 Å². The number of hydrogen-bond acceptors (Lipinski definition) is 3. The molecular formula is C24H27NO2. The molecule has 3 nitrogen and oxygen atoms in total. The molecule has 2 aliphatic carbocycles. The summed E-state index contributed by atoms with van der Waals surface area (Å²) in [5, 5.41) is 0. The molecule has 2 aliphatic heterocycles. The maximum atomic E-state index is 6.69. The van der Waals surface area contributed by atoms with Crippen LogP contribution in [0.4, 0.5) is 0 Å². The van der Waals surface area contributed by atoms with Crippen molar-refractivity contribution in [1.29, 1.82) is 0 Å². The van der Waals surface area contributed by atoms with E-state index in [1.807, 2.05) is 6.07 Å². The highest BCUT2D eigenvalue weighted by molar-refractivity contribution is 5.61. The van der Waals surface area contributed by atoms with Crippen molar-refractivity contribution in [2.75, 3.05) is 13.6 Å². The van der Waals surface area contributed by atoms with E-state index in [1.54, 1.807) is 0 Å². The van der Waals surface area contributed by atoms with Crippen molar-refractivity contribution < 1.29 is 9.47 Å². The molecule has 4 unspecified atom stereocenters. The Balaban J connectivity index is 1.43. The minimum Gasteiger partial charge on any atom is -0.485 e. The molecule has 2 bridgehead atoms. The lowest BCUT2D eigenvalue weighted by Gasteiger charge is -2.57. The van der Waals surface area contributed by atoms with Crippen LogP contribution in [0.2, 0.25) is 0 Å². The maximum Gasteiger partial charge on any atom is 0.165 e. The minimum absolute atomic E-state index is 0.241. The smallest absolute Gasteiger partial charge is 0.165 e. The van der Waals surface area contributed by atoms with E-state index < -0.39 is 0 Å². The fraction of sp³-hybridized carbons (Fsp3) is 0.500. The van der Waals surface area contributed by atoms with E-state index in [0.717, 1.165) is 17.4 Å². The standard InChI is InChI=1S/C24H27NO2/c1-25-13-12-24-18-8-5-9-21(24)27-23-20(26-15-16-6-3-2-4-7-16)11-10-17(22(23)24)14-19(18)25/h2-4,6-7,10-11,18-19,21H,5,8-9,12-15H2,1H3. The van der Waals surface area contributed by atoms with Crippen LogP contribution in [0.1, 0.15) is 42.4 Å². The van der Waals surface area contributed by atoms with Gasteiger partial charge in [-0.2, -0.15) is 0 Å². The number of likely N-dealkylation sites (N-methyl/N-ethyl adjacent to an activating group) is 1. The SMILES string of the molecule is CN1CCC23c4c5ccc(OCc6ccccc6)c4OC2CCCC3C1C5. The van der Waals surface area contributed by atoms with E-state index >= 15 is 0 Å². The average Bonchev–Trinajstić information content (AvgIpc) is 3.05. The lowest BCUT2D eigenvalue weighted by atomic mass is 9.52. The monoisotopic (exact) mass is 361 g/mol. The molecule has 2 aromatic carbocycles. The zero-order chi connectivity index (χ0) is 18.0. The largest absolute Gasteiger partial charge is 0.485 e. The Hall–Kier alpha value is -2.00. The first kappa shape index (κ1) is 16.0. The predicted octanol–water partition coefficient (Wildman–Crippen LogP) is 4.32. The molecule has 1 saturated carbocycles. The Bertz CT molecular complexity index is 879. The second-order valence-electron chi connectivity index (χ2n) is 8.89. The zero-order valence-corrected chi connectivity index (χ0v) is 16.0.